The Kier molecular flexibility index (Phi) is 6.02. The van der Waals surface area contributed by atoms with E-state index in [0.717, 1.165) is 31.9 Å². The summed E-state index contributed by atoms with van der Waals surface area (Å²) in [5.74, 6) is -1.71. The van der Waals surface area contributed by atoms with Crippen molar-refractivity contribution in [1.82, 2.24) is 4.90 Å². The van der Waals surface area contributed by atoms with E-state index in [1.165, 1.54) is 18.2 Å². The fraction of sp³-hybridized carbons (Fsp3) is 0.526. The Balaban J connectivity index is 1.49. The molecule has 3 rings (SSSR count). The van der Waals surface area contributed by atoms with Crippen molar-refractivity contribution in [2.45, 2.75) is 43.0 Å². The molecule has 1 heterocycles. The van der Waals surface area contributed by atoms with Crippen LogP contribution in [0.4, 0.5) is 5.69 Å². The highest BCUT2D eigenvalue weighted by Crippen LogP contribution is 2.29. The molecule has 9 heteroatoms. The van der Waals surface area contributed by atoms with Crippen LogP contribution in [0.25, 0.3) is 0 Å². The van der Waals surface area contributed by atoms with Crippen molar-refractivity contribution in [2.24, 2.45) is 5.92 Å². The van der Waals surface area contributed by atoms with Crippen molar-refractivity contribution < 1.29 is 27.5 Å². The van der Waals surface area contributed by atoms with E-state index in [0.29, 0.717) is 12.2 Å². The first-order chi connectivity index (χ1) is 13.2. The highest BCUT2D eigenvalue weighted by atomic mass is 32.2. The molecule has 0 spiro atoms. The molecule has 0 aromatic heterocycles. The lowest BCUT2D eigenvalue weighted by Gasteiger charge is -2.23. The SMILES string of the molecule is CS(=O)(=O)c1cccc(NC(=O)COC(=O)[C@H]2CC(=O)N(C3CCCC3)C2)c1. The Hall–Kier alpha value is -2.42. The molecule has 1 N–H and O–H groups in total. The lowest BCUT2D eigenvalue weighted by molar-refractivity contribution is -0.151. The average Bonchev–Trinajstić information content (AvgIpc) is 3.28. The van der Waals surface area contributed by atoms with E-state index >= 15 is 0 Å². The second-order valence-electron chi connectivity index (χ2n) is 7.34. The van der Waals surface area contributed by atoms with E-state index in [2.05, 4.69) is 5.32 Å². The maximum Gasteiger partial charge on any atom is 0.311 e. The van der Waals surface area contributed by atoms with Gasteiger partial charge in [-0.1, -0.05) is 18.9 Å². The van der Waals surface area contributed by atoms with Crippen molar-refractivity contribution in [3.8, 4) is 0 Å². The molecule has 152 valence electrons. The minimum atomic E-state index is -3.39. The number of esters is 1. The Labute approximate surface area is 164 Å². The highest BCUT2D eigenvalue weighted by molar-refractivity contribution is 7.90. The quantitative estimate of drug-likeness (QED) is 0.712. The lowest BCUT2D eigenvalue weighted by atomic mass is 10.1. The number of anilines is 1. The fourth-order valence-corrected chi connectivity index (χ4v) is 4.38. The highest BCUT2D eigenvalue weighted by Gasteiger charge is 2.39. The second kappa shape index (κ2) is 8.30. The number of nitrogens with one attached hydrogen (secondary N) is 1. The zero-order chi connectivity index (χ0) is 20.3. The van der Waals surface area contributed by atoms with Gasteiger partial charge in [0.25, 0.3) is 5.91 Å². The van der Waals surface area contributed by atoms with Gasteiger partial charge in [0.2, 0.25) is 5.91 Å². The molecule has 1 aliphatic carbocycles. The van der Waals surface area contributed by atoms with Crippen LogP contribution in [0.1, 0.15) is 32.1 Å². The van der Waals surface area contributed by atoms with E-state index in [9.17, 15) is 22.8 Å². The maximum atomic E-state index is 12.2. The first-order valence-corrected chi connectivity index (χ1v) is 11.2. The lowest BCUT2D eigenvalue weighted by Crippen LogP contribution is -2.35. The number of ether oxygens (including phenoxy) is 1. The van der Waals surface area contributed by atoms with Crippen molar-refractivity contribution >= 4 is 33.3 Å². The molecule has 1 aromatic carbocycles. The topological polar surface area (TPSA) is 110 Å². The first-order valence-electron chi connectivity index (χ1n) is 9.30. The molecule has 2 amide bonds. The molecule has 1 atom stereocenters. The van der Waals surface area contributed by atoms with Gasteiger partial charge >= 0.3 is 5.97 Å². The predicted molar refractivity (Wildman–Crippen MR) is 101 cm³/mol. The van der Waals surface area contributed by atoms with Crippen LogP contribution >= 0.6 is 0 Å². The number of hydrogen-bond acceptors (Lipinski definition) is 6. The monoisotopic (exact) mass is 408 g/mol. The van der Waals surface area contributed by atoms with Gasteiger partial charge in [0, 0.05) is 31.0 Å². The summed E-state index contributed by atoms with van der Waals surface area (Å²) in [5, 5.41) is 2.50. The van der Waals surface area contributed by atoms with E-state index < -0.39 is 34.2 Å². The summed E-state index contributed by atoms with van der Waals surface area (Å²) in [7, 11) is -3.39. The van der Waals surface area contributed by atoms with Gasteiger partial charge in [-0.2, -0.15) is 0 Å². The number of rotatable bonds is 6. The van der Waals surface area contributed by atoms with E-state index in [1.54, 1.807) is 11.0 Å². The zero-order valence-electron chi connectivity index (χ0n) is 15.7. The minimum Gasteiger partial charge on any atom is -0.455 e. The van der Waals surface area contributed by atoms with Gasteiger partial charge < -0.3 is 15.0 Å². The largest absolute Gasteiger partial charge is 0.455 e. The van der Waals surface area contributed by atoms with Gasteiger partial charge in [-0.25, -0.2) is 8.42 Å². The summed E-state index contributed by atoms with van der Waals surface area (Å²) < 4.78 is 28.2. The molecule has 8 nitrogen and oxygen atoms in total. The van der Waals surface area contributed by atoms with Crippen molar-refractivity contribution in [1.29, 1.82) is 0 Å². The molecule has 1 aliphatic heterocycles. The van der Waals surface area contributed by atoms with E-state index in [1.807, 2.05) is 0 Å². The average molecular weight is 408 g/mol. The van der Waals surface area contributed by atoms with Gasteiger partial charge in [0.05, 0.1) is 10.8 Å². The number of nitrogens with zero attached hydrogens (tertiary/aromatic N) is 1. The van der Waals surface area contributed by atoms with Crippen LogP contribution in [0.5, 0.6) is 0 Å². The minimum absolute atomic E-state index is 0.0316. The van der Waals surface area contributed by atoms with E-state index in [-0.39, 0.29) is 23.3 Å². The van der Waals surface area contributed by atoms with Crippen molar-refractivity contribution in [2.75, 3.05) is 24.7 Å². The third kappa shape index (κ3) is 4.89. The van der Waals surface area contributed by atoms with Crippen LogP contribution in [-0.4, -0.2) is 56.6 Å². The summed E-state index contributed by atoms with van der Waals surface area (Å²) in [5.41, 5.74) is 0.299. The first kappa shape index (κ1) is 20.3. The van der Waals surface area contributed by atoms with Crippen LogP contribution in [0.15, 0.2) is 29.2 Å². The number of likely N-dealkylation sites (tertiary alicyclic amines) is 1. The van der Waals surface area contributed by atoms with Crippen LogP contribution in [-0.2, 0) is 29.0 Å². The molecule has 2 fully saturated rings. The Bertz CT molecular complexity index is 876. The number of hydrogen-bond donors (Lipinski definition) is 1. The second-order valence-corrected chi connectivity index (χ2v) is 9.36. The number of benzene rings is 1. The molecule has 0 unspecified atom stereocenters. The van der Waals surface area contributed by atoms with Gasteiger partial charge in [0.1, 0.15) is 0 Å². The molecule has 1 saturated carbocycles. The smallest absolute Gasteiger partial charge is 0.311 e. The van der Waals surface area contributed by atoms with Crippen LogP contribution in [0, 0.1) is 5.92 Å². The van der Waals surface area contributed by atoms with Crippen molar-refractivity contribution in [3.63, 3.8) is 0 Å². The number of amides is 2. The van der Waals surface area contributed by atoms with Crippen LogP contribution in [0.2, 0.25) is 0 Å². The van der Waals surface area contributed by atoms with Gasteiger partial charge in [-0.3, -0.25) is 14.4 Å². The van der Waals surface area contributed by atoms with Gasteiger partial charge in [0.15, 0.2) is 16.4 Å². The number of carbonyl (C=O) groups excluding carboxylic acids is 3. The van der Waals surface area contributed by atoms with Crippen LogP contribution in [0.3, 0.4) is 0 Å². The van der Waals surface area contributed by atoms with Gasteiger partial charge in [-0.15, -0.1) is 0 Å². The molecule has 0 bridgehead atoms. The molecule has 2 aliphatic rings. The fourth-order valence-electron chi connectivity index (χ4n) is 3.71. The Morgan fingerprint density at radius 1 is 1.25 bits per heavy atom. The summed E-state index contributed by atoms with van der Waals surface area (Å²) in [4.78, 5) is 38.3. The predicted octanol–water partition coefficient (Wildman–Crippen LogP) is 1.36. The molecule has 0 radical (unpaired) electrons. The third-order valence-electron chi connectivity index (χ3n) is 5.15. The number of sulfone groups is 1. The maximum absolute atomic E-state index is 12.2. The van der Waals surface area contributed by atoms with Crippen LogP contribution < -0.4 is 5.32 Å². The van der Waals surface area contributed by atoms with Crippen molar-refractivity contribution in [3.05, 3.63) is 24.3 Å². The molecular formula is C19H24N2O6S. The molecule has 1 saturated heterocycles. The third-order valence-corrected chi connectivity index (χ3v) is 6.26. The Morgan fingerprint density at radius 2 is 1.96 bits per heavy atom. The normalized spacial score (nSPS) is 20.4. The molecule has 1 aromatic rings. The summed E-state index contributed by atoms with van der Waals surface area (Å²) >= 11 is 0. The standard InChI is InChI=1S/C19H24N2O6S/c1-28(25,26)16-8-4-5-14(10-16)20-17(22)12-27-19(24)13-9-18(23)21(11-13)15-6-2-3-7-15/h4-5,8,10,13,15H,2-3,6-7,9,11-12H2,1H3,(H,20,22)/t13-/m0/s1. The van der Waals surface area contributed by atoms with E-state index in [4.69, 9.17) is 4.74 Å². The Morgan fingerprint density at radius 3 is 2.64 bits per heavy atom. The summed E-state index contributed by atoms with van der Waals surface area (Å²) in [6.07, 6.45) is 5.35. The van der Waals surface area contributed by atoms with Gasteiger partial charge in [-0.05, 0) is 31.0 Å². The zero-order valence-corrected chi connectivity index (χ0v) is 16.5. The number of carbonyl (C=O) groups is 3. The summed E-state index contributed by atoms with van der Waals surface area (Å²) in [6, 6.07) is 6.04. The summed E-state index contributed by atoms with van der Waals surface area (Å²) in [6.45, 7) is -0.142. The molecule has 28 heavy (non-hydrogen) atoms. The molecular weight excluding hydrogens is 384 g/mol.